The predicted molar refractivity (Wildman–Crippen MR) is 112 cm³/mol. The summed E-state index contributed by atoms with van der Waals surface area (Å²) in [5.41, 5.74) is 2.60. The summed E-state index contributed by atoms with van der Waals surface area (Å²) in [7, 11) is 0. The third-order valence-electron chi connectivity index (χ3n) is 4.03. The van der Waals surface area contributed by atoms with Crippen molar-refractivity contribution in [1.29, 1.82) is 0 Å². The summed E-state index contributed by atoms with van der Waals surface area (Å²) in [6.07, 6.45) is 1.44. The molecule has 4 aromatic rings. The fraction of sp³-hybridized carbons (Fsp3) is 0. The number of nitrogens with one attached hydrogen (secondary N) is 2. The van der Waals surface area contributed by atoms with E-state index in [1.54, 1.807) is 6.07 Å². The highest BCUT2D eigenvalue weighted by Gasteiger charge is 2.14. The molecule has 0 fully saturated rings. The van der Waals surface area contributed by atoms with Gasteiger partial charge in [-0.25, -0.2) is 5.10 Å². The Morgan fingerprint density at radius 3 is 2.69 bits per heavy atom. The van der Waals surface area contributed by atoms with Gasteiger partial charge in [0, 0.05) is 17.2 Å². The maximum atomic E-state index is 11.0. The van der Waals surface area contributed by atoms with Gasteiger partial charge in [0.2, 0.25) is 10.6 Å². The van der Waals surface area contributed by atoms with Gasteiger partial charge >= 0.3 is 0 Å². The molecule has 2 aromatic carbocycles. The monoisotopic (exact) mass is 425 g/mol. The zero-order valence-electron chi connectivity index (χ0n) is 14.6. The van der Waals surface area contributed by atoms with Crippen LogP contribution >= 0.6 is 23.8 Å². The molecule has 2 heterocycles. The lowest BCUT2D eigenvalue weighted by Gasteiger charge is -1.99. The van der Waals surface area contributed by atoms with Crippen molar-refractivity contribution in [2.75, 3.05) is 0 Å². The van der Waals surface area contributed by atoms with E-state index in [0.29, 0.717) is 17.1 Å². The lowest BCUT2D eigenvalue weighted by Crippen LogP contribution is -1.96. The van der Waals surface area contributed by atoms with Gasteiger partial charge in [0.05, 0.1) is 16.8 Å². The molecule has 0 atom stereocenters. The third kappa shape index (κ3) is 3.84. The molecule has 2 aromatic heterocycles. The number of nitrogens with zero attached hydrogens (tertiary/aromatic N) is 5. The van der Waals surface area contributed by atoms with Crippen molar-refractivity contribution in [3.05, 3.63) is 80.1 Å². The Balaban J connectivity index is 1.68. The number of nitro groups is 1. The Kier molecular flexibility index (Phi) is 5.02. The van der Waals surface area contributed by atoms with Crippen molar-refractivity contribution in [2.45, 2.75) is 0 Å². The van der Waals surface area contributed by atoms with Crippen molar-refractivity contribution >= 4 is 35.7 Å². The fourth-order valence-corrected chi connectivity index (χ4v) is 3.01. The van der Waals surface area contributed by atoms with Crippen molar-refractivity contribution < 1.29 is 4.92 Å². The zero-order valence-corrected chi connectivity index (χ0v) is 16.2. The van der Waals surface area contributed by atoms with Crippen LogP contribution < -0.4 is 0 Å². The van der Waals surface area contributed by atoms with Crippen LogP contribution in [0.5, 0.6) is 0 Å². The molecule has 4 rings (SSSR count). The van der Waals surface area contributed by atoms with Gasteiger partial charge in [0.25, 0.3) is 5.69 Å². The minimum Gasteiger partial charge on any atom is -0.274 e. The Labute approximate surface area is 173 Å². The van der Waals surface area contributed by atoms with E-state index in [-0.39, 0.29) is 15.5 Å². The lowest BCUT2D eigenvalue weighted by molar-refractivity contribution is -0.384. The standard InChI is InChI=1S/C18H12ClN7O2S/c19-13-7-6-11(8-16(13)26(27)28)10-20-25-17(23-24-18(25)29)15-9-14(21-22-15)12-4-2-1-3-5-12/h1-10H,(H,21,22)(H,24,29)/b20-10+. The average Bonchev–Trinajstić information content (AvgIpc) is 3.35. The van der Waals surface area contributed by atoms with E-state index >= 15 is 0 Å². The van der Waals surface area contributed by atoms with E-state index in [4.69, 9.17) is 23.8 Å². The second-order valence-corrected chi connectivity index (χ2v) is 6.70. The van der Waals surface area contributed by atoms with E-state index in [1.807, 2.05) is 36.4 Å². The van der Waals surface area contributed by atoms with Crippen molar-refractivity contribution in [3.8, 4) is 22.8 Å². The number of hydrogen-bond donors (Lipinski definition) is 2. The van der Waals surface area contributed by atoms with Crippen LogP contribution in [0.2, 0.25) is 5.02 Å². The summed E-state index contributed by atoms with van der Waals surface area (Å²) < 4.78 is 1.66. The summed E-state index contributed by atoms with van der Waals surface area (Å²) in [5, 5.41) is 29.5. The Morgan fingerprint density at radius 1 is 1.14 bits per heavy atom. The van der Waals surface area contributed by atoms with E-state index in [1.165, 1.54) is 23.0 Å². The molecule has 0 unspecified atom stereocenters. The molecule has 0 aliphatic carbocycles. The number of nitro benzene ring substituents is 1. The average molecular weight is 426 g/mol. The molecule has 0 aliphatic heterocycles. The number of aromatic nitrogens is 5. The highest BCUT2D eigenvalue weighted by molar-refractivity contribution is 7.71. The van der Waals surface area contributed by atoms with Crippen LogP contribution in [0.15, 0.2) is 59.7 Å². The maximum Gasteiger partial charge on any atom is 0.288 e. The molecule has 9 nitrogen and oxygen atoms in total. The number of aromatic amines is 2. The second-order valence-electron chi connectivity index (χ2n) is 5.91. The van der Waals surface area contributed by atoms with Crippen LogP contribution in [0.3, 0.4) is 0 Å². The second kappa shape index (κ2) is 7.78. The molecule has 0 amide bonds. The minimum atomic E-state index is -0.551. The van der Waals surface area contributed by atoms with Crippen LogP contribution in [0.25, 0.3) is 22.8 Å². The van der Waals surface area contributed by atoms with Crippen molar-refractivity contribution in [1.82, 2.24) is 25.1 Å². The van der Waals surface area contributed by atoms with Crippen LogP contribution in [0.1, 0.15) is 5.56 Å². The Bertz CT molecular complexity index is 1280. The van der Waals surface area contributed by atoms with Gasteiger partial charge in [0.15, 0.2) is 0 Å². The quantitative estimate of drug-likeness (QED) is 0.212. The van der Waals surface area contributed by atoms with Gasteiger partial charge in [0.1, 0.15) is 10.7 Å². The van der Waals surface area contributed by atoms with Crippen LogP contribution in [0, 0.1) is 14.9 Å². The first-order valence-corrected chi connectivity index (χ1v) is 9.08. The van der Waals surface area contributed by atoms with Crippen molar-refractivity contribution in [2.24, 2.45) is 5.10 Å². The molecule has 0 spiro atoms. The maximum absolute atomic E-state index is 11.0. The number of halogens is 1. The molecule has 29 heavy (non-hydrogen) atoms. The fourth-order valence-electron chi connectivity index (χ4n) is 2.64. The highest BCUT2D eigenvalue weighted by Crippen LogP contribution is 2.25. The van der Waals surface area contributed by atoms with Gasteiger partial charge in [-0.05, 0) is 24.4 Å². The van der Waals surface area contributed by atoms with Gasteiger partial charge in [-0.3, -0.25) is 15.2 Å². The van der Waals surface area contributed by atoms with Crippen molar-refractivity contribution in [3.63, 3.8) is 0 Å². The van der Waals surface area contributed by atoms with Crippen LogP contribution in [0.4, 0.5) is 5.69 Å². The number of H-pyrrole nitrogens is 2. The highest BCUT2D eigenvalue weighted by atomic mass is 35.5. The SMILES string of the molecule is O=[N+]([O-])c1cc(/C=N/n2c(-c3cc(-c4ccccc4)n[nH]3)n[nH]c2=S)ccc1Cl. The molecule has 0 saturated heterocycles. The number of hydrogen-bond acceptors (Lipinski definition) is 6. The summed E-state index contributed by atoms with van der Waals surface area (Å²) in [4.78, 5) is 10.5. The van der Waals surface area contributed by atoms with Crippen LogP contribution in [-0.2, 0) is 0 Å². The molecule has 0 saturated carbocycles. The summed E-state index contributed by atoms with van der Waals surface area (Å²) in [6.45, 7) is 0. The molecule has 11 heteroatoms. The lowest BCUT2D eigenvalue weighted by atomic mass is 10.1. The van der Waals surface area contributed by atoms with Gasteiger partial charge in [-0.15, -0.1) is 0 Å². The van der Waals surface area contributed by atoms with E-state index in [0.717, 1.165) is 11.3 Å². The van der Waals surface area contributed by atoms with Gasteiger partial charge < -0.3 is 0 Å². The largest absolute Gasteiger partial charge is 0.288 e. The molecule has 0 radical (unpaired) electrons. The summed E-state index contributed by atoms with van der Waals surface area (Å²) in [5.74, 6) is 0.421. The third-order valence-corrected chi connectivity index (χ3v) is 4.61. The minimum absolute atomic E-state index is 0.0543. The topological polar surface area (TPSA) is 118 Å². The first kappa shape index (κ1) is 18.7. The molecular formula is C18H12ClN7O2S. The first-order chi connectivity index (χ1) is 14.0. The molecular weight excluding hydrogens is 414 g/mol. The van der Waals surface area contributed by atoms with Gasteiger partial charge in [-0.2, -0.15) is 20.0 Å². The van der Waals surface area contributed by atoms with Crippen LogP contribution in [-0.4, -0.2) is 36.2 Å². The molecule has 2 N–H and O–H groups in total. The first-order valence-electron chi connectivity index (χ1n) is 8.30. The summed E-state index contributed by atoms with van der Waals surface area (Å²) in [6, 6.07) is 15.9. The Hall–Kier alpha value is -3.63. The summed E-state index contributed by atoms with van der Waals surface area (Å²) >= 11 is 11.1. The van der Waals surface area contributed by atoms with E-state index < -0.39 is 4.92 Å². The number of rotatable bonds is 5. The van der Waals surface area contributed by atoms with Gasteiger partial charge in [-0.1, -0.05) is 48.0 Å². The molecule has 0 aliphatic rings. The molecule has 0 bridgehead atoms. The number of benzene rings is 2. The smallest absolute Gasteiger partial charge is 0.274 e. The van der Waals surface area contributed by atoms with E-state index in [9.17, 15) is 10.1 Å². The zero-order chi connectivity index (χ0) is 20.4. The Morgan fingerprint density at radius 2 is 1.93 bits per heavy atom. The van der Waals surface area contributed by atoms with E-state index in [2.05, 4.69) is 25.5 Å². The normalized spacial score (nSPS) is 11.2. The predicted octanol–water partition coefficient (Wildman–Crippen LogP) is 4.44. The molecule has 144 valence electrons.